The molecule has 5 heteroatoms. The molecule has 1 heterocycles. The molecule has 1 aromatic heterocycles. The SMILES string of the molecule is CCc1cc(C(=O)NCC(CC)CCCl)n(C)n1. The van der Waals surface area contributed by atoms with Gasteiger partial charge in [-0.2, -0.15) is 5.10 Å². The van der Waals surface area contributed by atoms with E-state index in [1.165, 1.54) is 0 Å². The molecule has 4 nitrogen and oxygen atoms in total. The van der Waals surface area contributed by atoms with Gasteiger partial charge in [0.15, 0.2) is 0 Å². The summed E-state index contributed by atoms with van der Waals surface area (Å²) in [4.78, 5) is 12.0. The second-order valence-corrected chi connectivity index (χ2v) is 4.84. The Balaban J connectivity index is 2.56. The van der Waals surface area contributed by atoms with E-state index in [0.717, 1.165) is 25.0 Å². The zero-order chi connectivity index (χ0) is 13.5. The molecule has 0 aliphatic carbocycles. The second kappa shape index (κ2) is 7.41. The molecule has 1 aromatic rings. The number of aromatic nitrogens is 2. The maximum atomic E-state index is 12.0. The molecule has 0 aromatic carbocycles. The summed E-state index contributed by atoms with van der Waals surface area (Å²) in [5, 5.41) is 7.22. The first-order chi connectivity index (χ1) is 8.62. The Morgan fingerprint density at radius 3 is 2.78 bits per heavy atom. The van der Waals surface area contributed by atoms with E-state index < -0.39 is 0 Å². The molecule has 18 heavy (non-hydrogen) atoms. The molecule has 0 bridgehead atoms. The van der Waals surface area contributed by atoms with Gasteiger partial charge in [-0.3, -0.25) is 9.48 Å². The lowest BCUT2D eigenvalue weighted by molar-refractivity contribution is 0.0937. The summed E-state index contributed by atoms with van der Waals surface area (Å²) >= 11 is 5.73. The summed E-state index contributed by atoms with van der Waals surface area (Å²) in [6.45, 7) is 4.81. The highest BCUT2D eigenvalue weighted by molar-refractivity contribution is 6.17. The maximum Gasteiger partial charge on any atom is 0.269 e. The fourth-order valence-electron chi connectivity index (χ4n) is 1.84. The Labute approximate surface area is 114 Å². The molecule has 1 amide bonds. The molecule has 1 rings (SSSR count). The van der Waals surface area contributed by atoms with Crippen molar-refractivity contribution in [2.75, 3.05) is 12.4 Å². The maximum absolute atomic E-state index is 12.0. The zero-order valence-corrected chi connectivity index (χ0v) is 12.1. The minimum absolute atomic E-state index is 0.0577. The van der Waals surface area contributed by atoms with E-state index in [-0.39, 0.29) is 5.91 Å². The van der Waals surface area contributed by atoms with Crippen molar-refractivity contribution < 1.29 is 4.79 Å². The molecule has 102 valence electrons. The summed E-state index contributed by atoms with van der Waals surface area (Å²) in [5.74, 6) is 1.03. The van der Waals surface area contributed by atoms with Gasteiger partial charge >= 0.3 is 0 Å². The smallest absolute Gasteiger partial charge is 0.269 e. The van der Waals surface area contributed by atoms with Crippen LogP contribution >= 0.6 is 11.6 Å². The largest absolute Gasteiger partial charge is 0.350 e. The minimum atomic E-state index is -0.0577. The normalized spacial score (nSPS) is 12.4. The molecule has 1 N–H and O–H groups in total. The fraction of sp³-hybridized carbons (Fsp3) is 0.692. The van der Waals surface area contributed by atoms with Gasteiger partial charge in [0.2, 0.25) is 0 Å². The highest BCUT2D eigenvalue weighted by Gasteiger charge is 2.14. The first kappa shape index (κ1) is 15.0. The van der Waals surface area contributed by atoms with Crippen LogP contribution in [0.5, 0.6) is 0 Å². The van der Waals surface area contributed by atoms with Gasteiger partial charge < -0.3 is 5.32 Å². The van der Waals surface area contributed by atoms with Crippen molar-refractivity contribution in [2.24, 2.45) is 13.0 Å². The van der Waals surface area contributed by atoms with E-state index in [2.05, 4.69) is 17.3 Å². The summed E-state index contributed by atoms with van der Waals surface area (Å²) in [5.41, 5.74) is 1.56. The van der Waals surface area contributed by atoms with Gasteiger partial charge in [0.1, 0.15) is 5.69 Å². The van der Waals surface area contributed by atoms with E-state index in [1.54, 1.807) is 11.7 Å². The Bertz CT molecular complexity index is 390. The third-order valence-corrected chi connectivity index (χ3v) is 3.39. The van der Waals surface area contributed by atoms with Gasteiger partial charge in [0.25, 0.3) is 5.91 Å². The average Bonchev–Trinajstić information content (AvgIpc) is 2.75. The number of nitrogens with zero attached hydrogens (tertiary/aromatic N) is 2. The van der Waals surface area contributed by atoms with Crippen LogP contribution in [0.1, 0.15) is 42.9 Å². The predicted octanol–water partition coefficient (Wildman–Crippen LogP) is 2.37. The summed E-state index contributed by atoms with van der Waals surface area (Å²) in [6.07, 6.45) is 2.80. The molecular weight excluding hydrogens is 250 g/mol. The molecule has 0 fully saturated rings. The third kappa shape index (κ3) is 4.02. The van der Waals surface area contributed by atoms with Gasteiger partial charge in [-0.15, -0.1) is 11.6 Å². The Morgan fingerprint density at radius 1 is 1.56 bits per heavy atom. The minimum Gasteiger partial charge on any atom is -0.350 e. The van der Waals surface area contributed by atoms with E-state index in [1.807, 2.05) is 13.0 Å². The Kier molecular flexibility index (Phi) is 6.19. The van der Waals surface area contributed by atoms with E-state index in [4.69, 9.17) is 11.6 Å². The number of hydrogen-bond acceptors (Lipinski definition) is 2. The van der Waals surface area contributed by atoms with E-state index >= 15 is 0 Å². The van der Waals surface area contributed by atoms with Crippen LogP contribution in [0.2, 0.25) is 0 Å². The molecule has 1 unspecified atom stereocenters. The van der Waals surface area contributed by atoms with Crippen LogP contribution in [-0.4, -0.2) is 28.1 Å². The van der Waals surface area contributed by atoms with Crippen LogP contribution in [0.3, 0.4) is 0 Å². The van der Waals surface area contributed by atoms with Crippen LogP contribution in [0, 0.1) is 5.92 Å². The Morgan fingerprint density at radius 2 is 2.28 bits per heavy atom. The molecule has 0 saturated heterocycles. The van der Waals surface area contributed by atoms with Gasteiger partial charge in [0, 0.05) is 19.5 Å². The van der Waals surface area contributed by atoms with Crippen LogP contribution in [0.15, 0.2) is 6.07 Å². The van der Waals surface area contributed by atoms with Gasteiger partial charge in [-0.1, -0.05) is 20.3 Å². The quantitative estimate of drug-likeness (QED) is 0.774. The van der Waals surface area contributed by atoms with Crippen molar-refractivity contribution >= 4 is 17.5 Å². The first-order valence-corrected chi connectivity index (χ1v) is 7.02. The lowest BCUT2D eigenvalue weighted by Crippen LogP contribution is -2.30. The summed E-state index contributed by atoms with van der Waals surface area (Å²) in [6, 6.07) is 1.85. The van der Waals surface area contributed by atoms with Crippen molar-refractivity contribution in [3.63, 3.8) is 0 Å². The van der Waals surface area contributed by atoms with Crippen LogP contribution in [0.25, 0.3) is 0 Å². The zero-order valence-electron chi connectivity index (χ0n) is 11.4. The summed E-state index contributed by atoms with van der Waals surface area (Å²) in [7, 11) is 1.80. The van der Waals surface area contributed by atoms with Gasteiger partial charge in [-0.05, 0) is 24.8 Å². The number of aryl methyl sites for hydroxylation is 2. The molecule has 0 radical (unpaired) electrons. The molecular formula is C13H22ClN3O. The number of hydrogen-bond donors (Lipinski definition) is 1. The van der Waals surface area contributed by atoms with Crippen molar-refractivity contribution in [3.8, 4) is 0 Å². The van der Waals surface area contributed by atoms with Crippen LogP contribution < -0.4 is 5.32 Å². The molecule has 0 saturated carbocycles. The molecule has 0 aliphatic rings. The lowest BCUT2D eigenvalue weighted by atomic mass is 10.0. The highest BCUT2D eigenvalue weighted by atomic mass is 35.5. The van der Waals surface area contributed by atoms with Crippen molar-refractivity contribution in [1.29, 1.82) is 0 Å². The monoisotopic (exact) mass is 271 g/mol. The molecule has 0 aliphatic heterocycles. The lowest BCUT2D eigenvalue weighted by Gasteiger charge is -2.14. The highest BCUT2D eigenvalue weighted by Crippen LogP contribution is 2.09. The summed E-state index contributed by atoms with van der Waals surface area (Å²) < 4.78 is 1.64. The number of rotatable bonds is 7. The number of carbonyl (C=O) groups excluding carboxylic acids is 1. The van der Waals surface area contributed by atoms with Crippen LogP contribution in [0.4, 0.5) is 0 Å². The van der Waals surface area contributed by atoms with E-state index in [0.29, 0.717) is 24.0 Å². The molecule has 0 spiro atoms. The third-order valence-electron chi connectivity index (χ3n) is 3.17. The van der Waals surface area contributed by atoms with Crippen molar-refractivity contribution in [3.05, 3.63) is 17.5 Å². The number of carbonyl (C=O) groups is 1. The topological polar surface area (TPSA) is 46.9 Å². The first-order valence-electron chi connectivity index (χ1n) is 6.49. The Hall–Kier alpha value is -1.03. The average molecular weight is 272 g/mol. The van der Waals surface area contributed by atoms with E-state index in [9.17, 15) is 4.79 Å². The number of halogens is 1. The van der Waals surface area contributed by atoms with Crippen molar-refractivity contribution in [2.45, 2.75) is 33.1 Å². The predicted molar refractivity (Wildman–Crippen MR) is 74.0 cm³/mol. The fourth-order valence-corrected chi connectivity index (χ4v) is 2.15. The van der Waals surface area contributed by atoms with Gasteiger partial charge in [0.05, 0.1) is 5.69 Å². The number of amides is 1. The van der Waals surface area contributed by atoms with Crippen molar-refractivity contribution in [1.82, 2.24) is 15.1 Å². The van der Waals surface area contributed by atoms with Gasteiger partial charge in [-0.25, -0.2) is 0 Å². The number of nitrogens with one attached hydrogen (secondary N) is 1. The number of alkyl halides is 1. The second-order valence-electron chi connectivity index (χ2n) is 4.46. The molecule has 1 atom stereocenters. The van der Waals surface area contributed by atoms with Crippen LogP contribution in [-0.2, 0) is 13.5 Å². The standard InChI is InChI=1S/C13H22ClN3O/c1-4-10(6-7-14)9-15-13(18)12-8-11(5-2)16-17(12)3/h8,10H,4-7,9H2,1-3H3,(H,15,18).